The van der Waals surface area contributed by atoms with Crippen molar-refractivity contribution >= 4 is 34.9 Å². The van der Waals surface area contributed by atoms with Gasteiger partial charge in [0.1, 0.15) is 41.9 Å². The maximum Gasteiger partial charge on any atom is 0.326 e. The molecule has 2 N–H and O–H groups in total. The Hall–Kier alpha value is -3.98. The zero-order valence-electron chi connectivity index (χ0n) is 19.4. The van der Waals surface area contributed by atoms with Crippen LogP contribution in [0.25, 0.3) is 0 Å². The number of nitrogens with zero attached hydrogens (tertiary/aromatic N) is 1. The first-order chi connectivity index (χ1) is 17.4. The summed E-state index contributed by atoms with van der Waals surface area (Å²) in [5.74, 6) is -2.85. The second-order valence-corrected chi connectivity index (χ2v) is 7.99. The number of ether oxygens (including phenoxy) is 1. The van der Waals surface area contributed by atoms with E-state index in [-0.39, 0.29) is 6.61 Å². The second-order valence-electron chi connectivity index (χ2n) is 7.55. The monoisotopic (exact) mass is 515 g/mol. The minimum atomic E-state index is -1.20. The highest BCUT2D eigenvalue weighted by Gasteiger charge is 2.19. The fourth-order valence-electron chi connectivity index (χ4n) is 2.97. The van der Waals surface area contributed by atoms with Gasteiger partial charge in [0, 0.05) is 16.3 Å². The van der Waals surface area contributed by atoms with Crippen LogP contribution in [0.2, 0.25) is 5.02 Å². The topological polar surface area (TPSA) is 89.0 Å². The lowest BCUT2D eigenvalue weighted by molar-refractivity contribution is 0.0959. The van der Waals surface area contributed by atoms with Gasteiger partial charge in [-0.05, 0) is 55.0 Å². The Morgan fingerprint density at radius 3 is 2.28 bits per heavy atom. The molecule has 3 rings (SSSR count). The lowest BCUT2D eigenvalue weighted by atomic mass is 10.1. The third-order valence-corrected chi connectivity index (χ3v) is 5.10. The average molecular weight is 516 g/mol. The van der Waals surface area contributed by atoms with Gasteiger partial charge in [-0.2, -0.15) is 0 Å². The van der Waals surface area contributed by atoms with Gasteiger partial charge >= 0.3 is 6.03 Å². The predicted octanol–water partition coefficient (Wildman–Crippen LogP) is 6.18. The van der Waals surface area contributed by atoms with Crippen LogP contribution in [0.5, 0.6) is 5.75 Å². The number of rotatable bonds is 10. The van der Waals surface area contributed by atoms with Crippen molar-refractivity contribution < 1.29 is 27.9 Å². The molecule has 0 unspecified atom stereocenters. The number of carbonyl (C=O) groups is 2. The SMILES string of the molecule is CCCCO/N=C(\COc1ccc(NC(=O)NC(=O)c2c(F)cccc2F)cc1)c1ccc(Cl)cc1. The summed E-state index contributed by atoms with van der Waals surface area (Å²) < 4.78 is 33.2. The maximum absolute atomic E-state index is 13.7. The van der Waals surface area contributed by atoms with Gasteiger partial charge in [0.15, 0.2) is 0 Å². The molecule has 0 atom stereocenters. The Morgan fingerprint density at radius 1 is 0.972 bits per heavy atom. The normalized spacial score (nSPS) is 11.1. The highest BCUT2D eigenvalue weighted by atomic mass is 35.5. The van der Waals surface area contributed by atoms with Crippen LogP contribution < -0.4 is 15.4 Å². The van der Waals surface area contributed by atoms with Gasteiger partial charge in [-0.1, -0.05) is 48.3 Å². The molecule has 7 nitrogen and oxygen atoms in total. The number of nitrogens with one attached hydrogen (secondary N) is 2. The summed E-state index contributed by atoms with van der Waals surface area (Å²) in [6.45, 7) is 2.66. The van der Waals surface area contributed by atoms with E-state index in [1.165, 1.54) is 0 Å². The van der Waals surface area contributed by atoms with E-state index >= 15 is 0 Å². The number of halogens is 3. The number of oxime groups is 1. The zero-order valence-corrected chi connectivity index (χ0v) is 20.1. The van der Waals surface area contributed by atoms with Crippen molar-refractivity contribution in [3.05, 3.63) is 94.5 Å². The van der Waals surface area contributed by atoms with Crippen molar-refractivity contribution in [1.82, 2.24) is 5.32 Å². The maximum atomic E-state index is 13.7. The van der Waals surface area contributed by atoms with Crippen LogP contribution >= 0.6 is 11.6 Å². The van der Waals surface area contributed by atoms with Gasteiger partial charge < -0.3 is 14.9 Å². The molecule has 3 amide bonds. The van der Waals surface area contributed by atoms with Gasteiger partial charge in [0.25, 0.3) is 5.91 Å². The summed E-state index contributed by atoms with van der Waals surface area (Å²) >= 11 is 5.97. The van der Waals surface area contributed by atoms with Gasteiger partial charge in [0.05, 0.1) is 0 Å². The van der Waals surface area contributed by atoms with E-state index in [2.05, 4.69) is 17.4 Å². The van der Waals surface area contributed by atoms with Crippen molar-refractivity contribution in [2.24, 2.45) is 5.16 Å². The molecule has 0 heterocycles. The van der Waals surface area contributed by atoms with Crippen LogP contribution in [0, 0.1) is 11.6 Å². The smallest absolute Gasteiger partial charge is 0.326 e. The van der Waals surface area contributed by atoms with E-state index in [0.29, 0.717) is 28.8 Å². The number of hydrogen-bond acceptors (Lipinski definition) is 5. The van der Waals surface area contributed by atoms with Crippen LogP contribution in [0.1, 0.15) is 35.7 Å². The number of imide groups is 1. The molecule has 36 heavy (non-hydrogen) atoms. The molecule has 0 fully saturated rings. The first-order valence-electron chi connectivity index (χ1n) is 11.1. The summed E-state index contributed by atoms with van der Waals surface area (Å²) in [6, 6.07) is 15.4. The molecule has 10 heteroatoms. The zero-order chi connectivity index (χ0) is 25.9. The third kappa shape index (κ3) is 7.78. The Bertz CT molecular complexity index is 1200. The van der Waals surface area contributed by atoms with E-state index in [0.717, 1.165) is 36.6 Å². The Morgan fingerprint density at radius 2 is 1.64 bits per heavy atom. The van der Waals surface area contributed by atoms with Gasteiger partial charge in [-0.25, -0.2) is 13.6 Å². The number of benzene rings is 3. The standard InChI is InChI=1S/C26H24ClF2N3O4/c1-2-3-15-36-32-23(17-7-9-18(27)10-8-17)16-35-20-13-11-19(12-14-20)30-26(34)31-25(33)24-21(28)5-4-6-22(24)29/h4-14H,2-3,15-16H2,1H3,(H2,30,31,33,34)/b32-23+. The van der Waals surface area contributed by atoms with Crippen molar-refractivity contribution in [3.8, 4) is 5.75 Å². The van der Waals surface area contributed by atoms with Crippen LogP contribution in [0.15, 0.2) is 71.9 Å². The van der Waals surface area contributed by atoms with Crippen molar-refractivity contribution in [3.63, 3.8) is 0 Å². The fourth-order valence-corrected chi connectivity index (χ4v) is 3.09. The van der Waals surface area contributed by atoms with E-state index in [1.54, 1.807) is 36.4 Å². The van der Waals surface area contributed by atoms with Gasteiger partial charge in [0.2, 0.25) is 0 Å². The molecule has 0 aliphatic rings. The number of unbranched alkanes of at least 4 members (excludes halogenated alkanes) is 1. The molecular weight excluding hydrogens is 492 g/mol. The molecular formula is C26H24ClF2N3O4. The van der Waals surface area contributed by atoms with Crippen molar-refractivity contribution in [2.45, 2.75) is 19.8 Å². The van der Waals surface area contributed by atoms with Crippen LogP contribution in [-0.2, 0) is 4.84 Å². The Balaban J connectivity index is 1.58. The predicted molar refractivity (Wildman–Crippen MR) is 134 cm³/mol. The molecule has 0 aromatic heterocycles. The lowest BCUT2D eigenvalue weighted by Crippen LogP contribution is -2.35. The van der Waals surface area contributed by atoms with E-state index < -0.39 is 29.1 Å². The van der Waals surface area contributed by atoms with Crippen LogP contribution in [-0.4, -0.2) is 30.9 Å². The Kier molecular flexibility index (Phi) is 9.76. The largest absolute Gasteiger partial charge is 0.487 e. The molecule has 3 aromatic rings. The molecule has 0 aliphatic heterocycles. The lowest BCUT2D eigenvalue weighted by Gasteiger charge is -2.11. The fraction of sp³-hybridized carbons (Fsp3) is 0.192. The quantitative estimate of drug-likeness (QED) is 0.192. The third-order valence-electron chi connectivity index (χ3n) is 4.85. The van der Waals surface area contributed by atoms with E-state index in [4.69, 9.17) is 21.2 Å². The summed E-state index contributed by atoms with van der Waals surface area (Å²) in [7, 11) is 0. The summed E-state index contributed by atoms with van der Waals surface area (Å²) in [6.07, 6.45) is 1.86. The van der Waals surface area contributed by atoms with E-state index in [1.807, 2.05) is 17.4 Å². The van der Waals surface area contributed by atoms with Gasteiger partial charge in [-0.3, -0.25) is 10.1 Å². The van der Waals surface area contributed by atoms with Crippen molar-refractivity contribution in [1.29, 1.82) is 0 Å². The number of hydrogen-bond donors (Lipinski definition) is 2. The van der Waals surface area contributed by atoms with Crippen molar-refractivity contribution in [2.75, 3.05) is 18.5 Å². The average Bonchev–Trinajstić information content (AvgIpc) is 2.85. The second kappa shape index (κ2) is 13.2. The van der Waals surface area contributed by atoms with Gasteiger partial charge in [-0.15, -0.1) is 0 Å². The van der Waals surface area contributed by atoms with E-state index in [9.17, 15) is 18.4 Å². The van der Waals surface area contributed by atoms with Crippen LogP contribution in [0.3, 0.4) is 0 Å². The molecule has 188 valence electrons. The number of urea groups is 1. The number of anilines is 1. The first-order valence-corrected chi connectivity index (χ1v) is 11.5. The molecule has 0 bridgehead atoms. The molecule has 3 aromatic carbocycles. The highest BCUT2D eigenvalue weighted by molar-refractivity contribution is 6.30. The highest BCUT2D eigenvalue weighted by Crippen LogP contribution is 2.18. The minimum absolute atomic E-state index is 0.115. The number of carbonyl (C=O) groups excluding carboxylic acids is 2. The summed E-state index contributed by atoms with van der Waals surface area (Å²) in [4.78, 5) is 29.5. The van der Waals surface area contributed by atoms with Crippen LogP contribution in [0.4, 0.5) is 19.3 Å². The minimum Gasteiger partial charge on any atom is -0.487 e. The Labute approximate surface area is 212 Å². The number of amides is 3. The first kappa shape index (κ1) is 26.6. The molecule has 0 spiro atoms. The molecule has 0 saturated carbocycles. The molecule has 0 radical (unpaired) electrons. The molecule has 0 aliphatic carbocycles. The molecule has 0 saturated heterocycles. The summed E-state index contributed by atoms with van der Waals surface area (Å²) in [5.41, 5.74) is 0.856. The summed E-state index contributed by atoms with van der Waals surface area (Å²) in [5, 5.41) is 9.10.